The van der Waals surface area contributed by atoms with Crippen LogP contribution in [0, 0.1) is 0 Å². The molecule has 2 heterocycles. The molecule has 8 heteroatoms. The highest BCUT2D eigenvalue weighted by Gasteiger charge is 2.33. The Balaban J connectivity index is 1.95. The van der Waals surface area contributed by atoms with Crippen LogP contribution in [-0.2, 0) is 29.5 Å². The second kappa shape index (κ2) is 7.83. The molecule has 1 aromatic carbocycles. The van der Waals surface area contributed by atoms with E-state index < -0.39 is 5.60 Å². The van der Waals surface area contributed by atoms with Gasteiger partial charge in [0, 0.05) is 23.2 Å². The smallest absolute Gasteiger partial charge is 0.129 e. The van der Waals surface area contributed by atoms with Crippen molar-refractivity contribution >= 4 is 0 Å². The Labute approximate surface area is 177 Å². The lowest BCUT2D eigenvalue weighted by Crippen LogP contribution is -2.36. The van der Waals surface area contributed by atoms with Crippen molar-refractivity contribution in [1.82, 2.24) is 30.0 Å². The average molecular weight is 413 g/mol. The summed E-state index contributed by atoms with van der Waals surface area (Å²) in [6, 6.07) is 7.40. The van der Waals surface area contributed by atoms with Crippen LogP contribution in [0.3, 0.4) is 0 Å². The minimum atomic E-state index is -1.27. The predicted octanol–water partition coefficient (Wildman–Crippen LogP) is 3.06. The van der Waals surface area contributed by atoms with Gasteiger partial charge in [0.2, 0.25) is 0 Å². The van der Waals surface area contributed by atoms with E-state index in [0.717, 1.165) is 22.7 Å². The van der Waals surface area contributed by atoms with E-state index in [9.17, 15) is 5.11 Å². The first-order valence-electron chi connectivity index (χ1n) is 10.1. The Bertz CT molecular complexity index is 922. The first-order valence-corrected chi connectivity index (χ1v) is 10.1. The highest BCUT2D eigenvalue weighted by molar-refractivity contribution is 5.31. The molecule has 0 aliphatic carbocycles. The number of methoxy groups -OCH3 is 1. The minimum absolute atomic E-state index is 0.121. The van der Waals surface area contributed by atoms with Gasteiger partial charge in [-0.15, -0.1) is 10.2 Å². The zero-order valence-corrected chi connectivity index (χ0v) is 18.9. The maximum Gasteiger partial charge on any atom is 0.129 e. The Morgan fingerprint density at radius 2 is 1.23 bits per heavy atom. The van der Waals surface area contributed by atoms with Gasteiger partial charge < -0.3 is 9.84 Å². The quantitative estimate of drug-likeness (QED) is 0.669. The normalized spacial score (nSPS) is 12.9. The van der Waals surface area contributed by atoms with Gasteiger partial charge >= 0.3 is 0 Å². The molecule has 2 aromatic heterocycles. The molecule has 0 radical (unpaired) electrons. The predicted molar refractivity (Wildman–Crippen MR) is 114 cm³/mol. The minimum Gasteiger partial charge on any atom is -0.497 e. The van der Waals surface area contributed by atoms with E-state index in [1.165, 1.54) is 0 Å². The molecule has 0 aliphatic rings. The molecule has 3 rings (SSSR count). The number of ether oxygens (including phenoxy) is 1. The van der Waals surface area contributed by atoms with Gasteiger partial charge in [-0.1, -0.05) is 64.1 Å². The van der Waals surface area contributed by atoms with E-state index in [1.54, 1.807) is 16.5 Å². The topological polar surface area (TPSA) is 90.9 Å². The molecule has 0 saturated carbocycles. The summed E-state index contributed by atoms with van der Waals surface area (Å²) in [5, 5.41) is 28.8. The Kier molecular flexibility index (Phi) is 5.73. The summed E-state index contributed by atoms with van der Waals surface area (Å²) in [5.41, 5.74) is 0.973. The molecular weight excluding hydrogens is 380 g/mol. The summed E-state index contributed by atoms with van der Waals surface area (Å²) in [4.78, 5) is 0. The lowest BCUT2D eigenvalue weighted by Gasteiger charge is -2.28. The van der Waals surface area contributed by atoms with Crippen LogP contribution in [0.4, 0.5) is 0 Å². The van der Waals surface area contributed by atoms with Crippen LogP contribution >= 0.6 is 0 Å². The summed E-state index contributed by atoms with van der Waals surface area (Å²) >= 11 is 0. The Morgan fingerprint density at radius 3 is 1.57 bits per heavy atom. The summed E-state index contributed by atoms with van der Waals surface area (Å²) < 4.78 is 8.64. The van der Waals surface area contributed by atoms with Crippen LogP contribution in [0.2, 0.25) is 0 Å². The maximum absolute atomic E-state index is 11.8. The van der Waals surface area contributed by atoms with E-state index in [4.69, 9.17) is 4.74 Å². The zero-order chi connectivity index (χ0) is 22.2. The number of nitrogens with zero attached hydrogens (tertiary/aromatic N) is 6. The molecule has 0 unspecified atom stereocenters. The van der Waals surface area contributed by atoms with E-state index in [-0.39, 0.29) is 23.9 Å². The molecule has 0 fully saturated rings. The third-order valence-corrected chi connectivity index (χ3v) is 5.09. The summed E-state index contributed by atoms with van der Waals surface area (Å²) in [5.74, 6) is 0.729. The molecule has 0 atom stereocenters. The summed E-state index contributed by atoms with van der Waals surface area (Å²) in [6.45, 7) is 13.0. The van der Waals surface area contributed by atoms with Gasteiger partial charge in [-0.05, 0) is 17.7 Å². The van der Waals surface area contributed by atoms with Gasteiger partial charge in [0.05, 0.1) is 31.6 Å². The Morgan fingerprint density at radius 1 is 0.800 bits per heavy atom. The molecule has 3 aromatic rings. The maximum atomic E-state index is 11.8. The van der Waals surface area contributed by atoms with Crippen LogP contribution in [-0.4, -0.2) is 42.2 Å². The number of benzene rings is 1. The molecule has 0 aliphatic heterocycles. The lowest BCUT2D eigenvalue weighted by molar-refractivity contribution is -0.00618. The molecule has 0 spiro atoms. The molecule has 0 amide bonds. The van der Waals surface area contributed by atoms with E-state index in [0.29, 0.717) is 0 Å². The van der Waals surface area contributed by atoms with Gasteiger partial charge in [-0.25, -0.2) is 9.36 Å². The highest BCUT2D eigenvalue weighted by Crippen LogP contribution is 2.29. The fraction of sp³-hybridized carbons (Fsp3) is 0.545. The third-order valence-electron chi connectivity index (χ3n) is 5.09. The number of hydrogen-bond donors (Lipinski definition) is 1. The summed E-state index contributed by atoms with van der Waals surface area (Å²) in [6.07, 6.45) is 3.77. The van der Waals surface area contributed by atoms with Gasteiger partial charge in [0.25, 0.3) is 0 Å². The molecule has 0 saturated heterocycles. The molecule has 0 bridgehead atoms. The van der Waals surface area contributed by atoms with Crippen LogP contribution in [0.25, 0.3) is 0 Å². The van der Waals surface area contributed by atoms with Crippen molar-refractivity contribution in [3.63, 3.8) is 0 Å². The molecule has 1 N–H and O–H groups in total. The van der Waals surface area contributed by atoms with Crippen LogP contribution in [0.5, 0.6) is 5.75 Å². The fourth-order valence-electron chi connectivity index (χ4n) is 3.11. The van der Waals surface area contributed by atoms with Crippen molar-refractivity contribution in [3.8, 4) is 5.75 Å². The van der Waals surface area contributed by atoms with Crippen molar-refractivity contribution in [1.29, 1.82) is 0 Å². The number of aromatic nitrogens is 6. The lowest BCUT2D eigenvalue weighted by atomic mass is 9.92. The standard InChI is InChI=1S/C22H32N6O2/c1-20(2,3)18-12-27(25-23-18)14-22(29,16-8-10-17(30-7)11-9-16)15-28-13-19(24-26-28)21(4,5)6/h8-13,29H,14-15H2,1-7H3. The molecule has 30 heavy (non-hydrogen) atoms. The number of rotatable bonds is 6. The molecular formula is C22H32N6O2. The Hall–Kier alpha value is -2.74. The summed E-state index contributed by atoms with van der Waals surface area (Å²) in [7, 11) is 1.62. The number of hydrogen-bond acceptors (Lipinski definition) is 6. The van der Waals surface area contributed by atoms with Crippen molar-refractivity contribution in [2.45, 2.75) is 71.1 Å². The van der Waals surface area contributed by atoms with Crippen molar-refractivity contribution in [3.05, 3.63) is 53.6 Å². The van der Waals surface area contributed by atoms with Gasteiger partial charge in [-0.3, -0.25) is 0 Å². The van der Waals surface area contributed by atoms with E-state index in [1.807, 2.05) is 36.7 Å². The van der Waals surface area contributed by atoms with Crippen LogP contribution < -0.4 is 4.74 Å². The fourth-order valence-corrected chi connectivity index (χ4v) is 3.11. The van der Waals surface area contributed by atoms with Crippen LogP contribution in [0.1, 0.15) is 58.5 Å². The van der Waals surface area contributed by atoms with E-state index in [2.05, 4.69) is 62.2 Å². The first kappa shape index (κ1) is 22.0. The zero-order valence-electron chi connectivity index (χ0n) is 18.9. The second-order valence-corrected chi connectivity index (χ2v) is 9.86. The second-order valence-electron chi connectivity index (χ2n) is 9.86. The van der Waals surface area contributed by atoms with Gasteiger partial charge in [0.1, 0.15) is 11.4 Å². The largest absolute Gasteiger partial charge is 0.497 e. The first-order chi connectivity index (χ1) is 13.9. The third kappa shape index (κ3) is 4.87. The van der Waals surface area contributed by atoms with Gasteiger partial charge in [-0.2, -0.15) is 0 Å². The monoisotopic (exact) mass is 412 g/mol. The SMILES string of the molecule is COc1ccc(C(O)(Cn2cc(C(C)(C)C)nn2)Cn2cc(C(C)(C)C)nn2)cc1. The van der Waals surface area contributed by atoms with Crippen LogP contribution in [0.15, 0.2) is 36.7 Å². The van der Waals surface area contributed by atoms with E-state index >= 15 is 0 Å². The molecule has 8 nitrogen and oxygen atoms in total. The van der Waals surface area contributed by atoms with Crippen molar-refractivity contribution < 1.29 is 9.84 Å². The van der Waals surface area contributed by atoms with Crippen molar-refractivity contribution in [2.24, 2.45) is 0 Å². The average Bonchev–Trinajstić information content (AvgIpc) is 3.31. The number of aliphatic hydroxyl groups is 1. The van der Waals surface area contributed by atoms with Crippen molar-refractivity contribution in [2.75, 3.05) is 7.11 Å². The van der Waals surface area contributed by atoms with Gasteiger partial charge in [0.15, 0.2) is 0 Å². The molecule has 162 valence electrons. The highest BCUT2D eigenvalue weighted by atomic mass is 16.5.